The standard InChI is InChI=1S/C13H9.C13H10.C12H19.2ClH.Zr/c1-3-7-12-10(5-1)9-11-6-2-4-8-13(11)12;1-3-7-12(8-4-1)11-13-9-5-2-6-10-13;1-6-10-7-9(2)8-11(10)12(3,4)5;;;/h1-9H;1-10H;8-9H,6H2,1-5H3;2*1H;/q;;;;;+2/p-2. The van der Waals surface area contributed by atoms with Crippen LogP contribution in [0.1, 0.15) is 66.9 Å². The Hall–Kier alpha value is -2.31. The molecule has 0 radical (unpaired) electrons. The molecule has 0 saturated carbocycles. The Morgan fingerprint density at radius 2 is 1.10 bits per heavy atom. The van der Waals surface area contributed by atoms with Crippen LogP contribution in [0.5, 0.6) is 0 Å². The molecule has 0 saturated heterocycles. The summed E-state index contributed by atoms with van der Waals surface area (Å²) in [6.45, 7) is 12.0. The van der Waals surface area contributed by atoms with Gasteiger partial charge in [0.1, 0.15) is 0 Å². The number of hydrogen-bond acceptors (Lipinski definition) is 0. The molecule has 1 unspecified atom stereocenters. The minimum absolute atomic E-state index is 0. The van der Waals surface area contributed by atoms with Crippen LogP contribution >= 0.6 is 0 Å². The molecule has 0 fully saturated rings. The fraction of sp³-hybridized carbons (Fsp3) is 0.237. The first-order valence-corrected chi connectivity index (χ1v) is 18.3. The Morgan fingerprint density at radius 1 is 0.659 bits per heavy atom. The maximum Gasteiger partial charge on any atom is -1.00 e. The van der Waals surface area contributed by atoms with Crippen molar-refractivity contribution in [3.8, 4) is 11.1 Å². The molecule has 4 aromatic rings. The minimum atomic E-state index is -2.75. The maximum atomic E-state index is 2.62. The number of allylic oxidation sites excluding steroid dienone is 4. The van der Waals surface area contributed by atoms with Crippen molar-refractivity contribution in [2.45, 2.75) is 44.7 Å². The molecule has 0 spiro atoms. The molecule has 4 aromatic carbocycles. The topological polar surface area (TPSA) is 0 Å². The smallest absolute Gasteiger partial charge is 1.00 e. The molecule has 0 amide bonds. The first kappa shape index (κ1) is 31.6. The summed E-state index contributed by atoms with van der Waals surface area (Å²) in [6.07, 6.45) is 3.72. The third kappa shape index (κ3) is 5.71. The molecule has 2 aliphatic carbocycles. The molecule has 0 bridgehead atoms. The summed E-state index contributed by atoms with van der Waals surface area (Å²) in [7, 11) is 0. The first-order chi connectivity index (χ1) is 18.9. The molecule has 0 heterocycles. The molecule has 0 N–H and O–H groups in total. The Bertz CT molecular complexity index is 1530. The minimum Gasteiger partial charge on any atom is -1.00 e. The monoisotopic (exact) mass is 654 g/mol. The van der Waals surface area contributed by atoms with Gasteiger partial charge in [-0.3, -0.25) is 0 Å². The van der Waals surface area contributed by atoms with Gasteiger partial charge in [-0.1, -0.05) is 0 Å². The van der Waals surface area contributed by atoms with Gasteiger partial charge in [-0.05, 0) is 0 Å². The molecular formula is C38H38Cl2Zr. The molecule has 6 rings (SSSR count). The average Bonchev–Trinajstić information content (AvgIpc) is 3.47. The van der Waals surface area contributed by atoms with Crippen LogP contribution in [0, 0.1) is 11.3 Å². The number of fused-ring (bicyclic) bond motifs is 3. The number of hydrogen-bond donors (Lipinski definition) is 0. The van der Waals surface area contributed by atoms with E-state index < -0.39 is 21.3 Å². The van der Waals surface area contributed by atoms with Crippen molar-refractivity contribution in [1.82, 2.24) is 0 Å². The fourth-order valence-electron chi connectivity index (χ4n) is 6.93. The van der Waals surface area contributed by atoms with Crippen LogP contribution in [0.15, 0.2) is 130 Å². The molecular weight excluding hydrogens is 619 g/mol. The summed E-state index contributed by atoms with van der Waals surface area (Å²) in [5, 5.41) is 0. The van der Waals surface area contributed by atoms with E-state index in [1.54, 1.807) is 17.6 Å². The average molecular weight is 657 g/mol. The zero-order chi connectivity index (χ0) is 27.1. The van der Waals surface area contributed by atoms with Gasteiger partial charge >= 0.3 is 244 Å². The molecule has 208 valence electrons. The van der Waals surface area contributed by atoms with E-state index in [1.165, 1.54) is 33.4 Å². The van der Waals surface area contributed by atoms with Crippen molar-refractivity contribution in [3.05, 3.63) is 152 Å². The fourth-order valence-corrected chi connectivity index (χ4v) is 17.2. The second-order valence-corrected chi connectivity index (χ2v) is 18.0. The molecule has 1 atom stereocenters. The van der Waals surface area contributed by atoms with E-state index in [0.717, 1.165) is 6.42 Å². The number of halogens is 2. The second-order valence-electron chi connectivity index (χ2n) is 12.0. The van der Waals surface area contributed by atoms with Crippen LogP contribution in [0.2, 0.25) is 0 Å². The van der Waals surface area contributed by atoms with Crippen molar-refractivity contribution in [3.63, 3.8) is 0 Å². The van der Waals surface area contributed by atoms with Crippen molar-refractivity contribution in [1.29, 1.82) is 0 Å². The number of benzene rings is 4. The summed E-state index contributed by atoms with van der Waals surface area (Å²) >= 11 is -2.75. The van der Waals surface area contributed by atoms with Gasteiger partial charge in [0, 0.05) is 0 Å². The van der Waals surface area contributed by atoms with E-state index in [1.807, 2.05) is 0 Å². The normalized spacial score (nSPS) is 15.6. The summed E-state index contributed by atoms with van der Waals surface area (Å²) in [6, 6.07) is 41.2. The predicted molar refractivity (Wildman–Crippen MR) is 164 cm³/mol. The van der Waals surface area contributed by atoms with Gasteiger partial charge in [0.2, 0.25) is 0 Å². The van der Waals surface area contributed by atoms with E-state index in [9.17, 15) is 0 Å². The van der Waals surface area contributed by atoms with Crippen molar-refractivity contribution < 1.29 is 46.1 Å². The SMILES string of the molecule is CCC1=[C]([Zr+2](=[C](c2ccccc2)c2ccccc2)[CH]2c3ccccc3-c3ccccc32)C(C)C=C1C(C)(C)C.[Cl-].[Cl-]. The van der Waals surface area contributed by atoms with Gasteiger partial charge in [-0.2, -0.15) is 0 Å². The van der Waals surface area contributed by atoms with E-state index in [2.05, 4.69) is 150 Å². The third-order valence-electron chi connectivity index (χ3n) is 8.49. The zero-order valence-electron chi connectivity index (χ0n) is 24.6. The second kappa shape index (κ2) is 12.9. The van der Waals surface area contributed by atoms with Gasteiger partial charge in [0.25, 0.3) is 0 Å². The van der Waals surface area contributed by atoms with E-state index >= 15 is 0 Å². The van der Waals surface area contributed by atoms with Gasteiger partial charge < -0.3 is 24.8 Å². The van der Waals surface area contributed by atoms with Crippen LogP contribution in [-0.2, 0) is 21.3 Å². The molecule has 3 heteroatoms. The van der Waals surface area contributed by atoms with Crippen molar-refractivity contribution in [2.75, 3.05) is 0 Å². The van der Waals surface area contributed by atoms with E-state index in [-0.39, 0.29) is 30.2 Å². The van der Waals surface area contributed by atoms with Crippen LogP contribution in [0.4, 0.5) is 0 Å². The summed E-state index contributed by atoms with van der Waals surface area (Å²) < 4.78 is 3.87. The Morgan fingerprint density at radius 3 is 1.54 bits per heavy atom. The van der Waals surface area contributed by atoms with E-state index in [0.29, 0.717) is 9.54 Å². The summed E-state index contributed by atoms with van der Waals surface area (Å²) in [4.78, 5) is 0. The molecule has 0 nitrogen and oxygen atoms in total. The quantitative estimate of drug-likeness (QED) is 0.306. The summed E-state index contributed by atoms with van der Waals surface area (Å²) in [5.74, 6) is 0.464. The Labute approximate surface area is 266 Å². The molecule has 0 aromatic heterocycles. The Kier molecular flexibility index (Phi) is 9.96. The van der Waals surface area contributed by atoms with E-state index in [4.69, 9.17) is 0 Å². The zero-order valence-corrected chi connectivity index (χ0v) is 28.6. The first-order valence-electron chi connectivity index (χ1n) is 14.4. The van der Waals surface area contributed by atoms with Gasteiger partial charge in [-0.25, -0.2) is 0 Å². The van der Waals surface area contributed by atoms with Crippen LogP contribution in [0.25, 0.3) is 11.1 Å². The predicted octanol–water partition coefficient (Wildman–Crippen LogP) is 3.94. The number of rotatable bonds is 5. The van der Waals surface area contributed by atoms with Crippen molar-refractivity contribution in [2.24, 2.45) is 11.3 Å². The van der Waals surface area contributed by atoms with Crippen molar-refractivity contribution >= 4 is 3.21 Å². The third-order valence-corrected chi connectivity index (χ3v) is 17.5. The van der Waals surface area contributed by atoms with Crippen LogP contribution < -0.4 is 24.8 Å². The van der Waals surface area contributed by atoms with Gasteiger partial charge in [0.05, 0.1) is 0 Å². The van der Waals surface area contributed by atoms with Crippen LogP contribution in [0.3, 0.4) is 0 Å². The molecule has 41 heavy (non-hydrogen) atoms. The molecule has 0 aliphatic heterocycles. The molecule has 2 aliphatic rings. The van der Waals surface area contributed by atoms with Crippen LogP contribution in [-0.4, -0.2) is 3.21 Å². The largest absolute Gasteiger partial charge is 1.00 e. The summed E-state index contributed by atoms with van der Waals surface area (Å²) in [5.41, 5.74) is 12.1. The maximum absolute atomic E-state index is 2.75. The van der Waals surface area contributed by atoms with Gasteiger partial charge in [-0.15, -0.1) is 0 Å². The Balaban J connectivity index is 0.00000194. The van der Waals surface area contributed by atoms with Gasteiger partial charge in [0.15, 0.2) is 0 Å².